The van der Waals surface area contributed by atoms with E-state index < -0.39 is 17.7 Å². The molecule has 3 fully saturated rings. The molecule has 1 aliphatic heterocycles. The number of urea groups is 1. The Morgan fingerprint density at radius 1 is 1.08 bits per heavy atom. The van der Waals surface area contributed by atoms with E-state index >= 15 is 0 Å². The number of halogens is 2. The number of benzene rings is 2. The molecule has 0 spiro atoms. The van der Waals surface area contributed by atoms with Crippen LogP contribution in [0.5, 0.6) is 0 Å². The Bertz CT molecular complexity index is 1210. The van der Waals surface area contributed by atoms with Crippen molar-refractivity contribution in [3.63, 3.8) is 0 Å². The van der Waals surface area contributed by atoms with Crippen molar-refractivity contribution in [2.24, 2.45) is 5.92 Å². The van der Waals surface area contributed by atoms with Crippen LogP contribution in [-0.2, 0) is 5.41 Å². The largest absolute Gasteiger partial charge is 0.445 e. The third-order valence-corrected chi connectivity index (χ3v) is 8.09. The molecule has 6 rings (SSSR count). The SMILES string of the molecule is O=C(NCCCN1CCCC1)Nc1ccc(F)c(F)c1.c1cc(-c2ncco2)cc(C23CCCCC2C3)c1. The molecule has 1 saturated heterocycles. The van der Waals surface area contributed by atoms with Gasteiger partial charge in [-0.1, -0.05) is 25.0 Å². The molecule has 6 nitrogen and oxygen atoms in total. The first-order valence-electron chi connectivity index (χ1n) is 13.8. The van der Waals surface area contributed by atoms with Gasteiger partial charge in [-0.2, -0.15) is 0 Å². The third-order valence-electron chi connectivity index (χ3n) is 8.09. The fourth-order valence-corrected chi connectivity index (χ4v) is 5.98. The minimum Gasteiger partial charge on any atom is -0.445 e. The van der Waals surface area contributed by atoms with Crippen LogP contribution < -0.4 is 10.6 Å². The van der Waals surface area contributed by atoms with E-state index in [2.05, 4.69) is 44.8 Å². The van der Waals surface area contributed by atoms with Gasteiger partial charge in [-0.3, -0.25) is 0 Å². The van der Waals surface area contributed by atoms with Crippen LogP contribution in [0.1, 0.15) is 56.9 Å². The van der Waals surface area contributed by atoms with Crippen molar-refractivity contribution in [2.75, 3.05) is 31.5 Å². The summed E-state index contributed by atoms with van der Waals surface area (Å²) in [6.07, 6.45) is 13.7. The number of anilines is 1. The summed E-state index contributed by atoms with van der Waals surface area (Å²) in [5.41, 5.74) is 3.35. The second kappa shape index (κ2) is 12.1. The number of fused-ring (bicyclic) bond motifs is 1. The first-order chi connectivity index (χ1) is 18.5. The summed E-state index contributed by atoms with van der Waals surface area (Å²) < 4.78 is 31.1. The van der Waals surface area contributed by atoms with E-state index in [0.717, 1.165) is 55.6 Å². The summed E-state index contributed by atoms with van der Waals surface area (Å²) in [6, 6.07) is 11.7. The van der Waals surface area contributed by atoms with Crippen molar-refractivity contribution in [1.29, 1.82) is 0 Å². The number of likely N-dealkylation sites (tertiary alicyclic amines) is 1. The van der Waals surface area contributed by atoms with Crippen LogP contribution in [0.3, 0.4) is 0 Å². The van der Waals surface area contributed by atoms with Gasteiger partial charge in [0, 0.05) is 23.9 Å². The number of oxazole rings is 1. The fraction of sp³-hybridized carbons (Fsp3) is 0.467. The third kappa shape index (κ3) is 6.41. The lowest BCUT2D eigenvalue weighted by molar-refractivity contribution is 0.251. The molecular formula is C30H36F2N4O2. The van der Waals surface area contributed by atoms with Gasteiger partial charge in [0.25, 0.3) is 0 Å². The number of carbonyl (C=O) groups excluding carboxylic acids is 1. The van der Waals surface area contributed by atoms with Gasteiger partial charge in [-0.15, -0.1) is 0 Å². The van der Waals surface area contributed by atoms with E-state index in [4.69, 9.17) is 4.42 Å². The number of hydrogen-bond donors (Lipinski definition) is 2. The molecule has 2 saturated carbocycles. The molecule has 202 valence electrons. The van der Waals surface area contributed by atoms with Crippen molar-refractivity contribution in [1.82, 2.24) is 15.2 Å². The zero-order valence-electron chi connectivity index (χ0n) is 21.7. The number of nitrogens with one attached hydrogen (secondary N) is 2. The second-order valence-corrected chi connectivity index (χ2v) is 10.6. The van der Waals surface area contributed by atoms with E-state index in [0.29, 0.717) is 12.0 Å². The van der Waals surface area contributed by atoms with Gasteiger partial charge in [0.05, 0.1) is 6.20 Å². The van der Waals surface area contributed by atoms with Crippen molar-refractivity contribution in [2.45, 2.75) is 56.8 Å². The first-order valence-corrected chi connectivity index (χ1v) is 13.8. The monoisotopic (exact) mass is 522 g/mol. The zero-order chi connectivity index (χ0) is 26.4. The number of nitrogens with zero attached hydrogens (tertiary/aromatic N) is 2. The maximum atomic E-state index is 13.0. The predicted octanol–water partition coefficient (Wildman–Crippen LogP) is 6.75. The van der Waals surface area contributed by atoms with Crippen LogP contribution in [0.4, 0.5) is 19.3 Å². The quantitative estimate of drug-likeness (QED) is 0.337. The minimum atomic E-state index is -0.975. The molecule has 2 aliphatic carbocycles. The molecule has 2 aromatic carbocycles. The van der Waals surface area contributed by atoms with Gasteiger partial charge < -0.3 is 20.0 Å². The van der Waals surface area contributed by atoms with Crippen LogP contribution in [0, 0.1) is 17.6 Å². The molecular weight excluding hydrogens is 486 g/mol. The Labute approximate surface area is 222 Å². The lowest BCUT2D eigenvalue weighted by atomic mass is 9.82. The summed E-state index contributed by atoms with van der Waals surface area (Å²) in [7, 11) is 0. The molecule has 3 aliphatic rings. The number of carbonyl (C=O) groups is 1. The highest BCUT2D eigenvalue weighted by atomic mass is 19.2. The van der Waals surface area contributed by atoms with E-state index in [1.165, 1.54) is 56.6 Å². The highest BCUT2D eigenvalue weighted by molar-refractivity contribution is 5.89. The molecule has 2 unspecified atom stereocenters. The van der Waals surface area contributed by atoms with Gasteiger partial charge in [-0.05, 0) is 99.3 Å². The minimum absolute atomic E-state index is 0.237. The average molecular weight is 523 g/mol. The van der Waals surface area contributed by atoms with Crippen LogP contribution in [0.15, 0.2) is 59.3 Å². The summed E-state index contributed by atoms with van der Waals surface area (Å²) in [6.45, 7) is 3.82. The number of aromatic nitrogens is 1. The normalized spacial score (nSPS) is 22.2. The van der Waals surface area contributed by atoms with E-state index in [9.17, 15) is 13.6 Å². The predicted molar refractivity (Wildman–Crippen MR) is 144 cm³/mol. The van der Waals surface area contributed by atoms with Crippen LogP contribution in [-0.4, -0.2) is 42.1 Å². The highest BCUT2D eigenvalue weighted by Gasteiger charge is 2.55. The first kappa shape index (κ1) is 26.4. The second-order valence-electron chi connectivity index (χ2n) is 10.6. The van der Waals surface area contributed by atoms with Gasteiger partial charge in [0.2, 0.25) is 5.89 Å². The van der Waals surface area contributed by atoms with Gasteiger partial charge >= 0.3 is 6.03 Å². The lowest BCUT2D eigenvalue weighted by Gasteiger charge is -2.22. The molecule has 1 aromatic heterocycles. The molecule has 2 heterocycles. The molecule has 38 heavy (non-hydrogen) atoms. The van der Waals surface area contributed by atoms with Crippen molar-refractivity contribution in [3.05, 3.63) is 72.1 Å². The Hall–Kier alpha value is -3.26. The number of hydrogen-bond acceptors (Lipinski definition) is 4. The Balaban J connectivity index is 0.000000155. The molecule has 8 heteroatoms. The molecule has 0 radical (unpaired) electrons. The van der Waals surface area contributed by atoms with E-state index in [1.54, 1.807) is 12.5 Å². The smallest absolute Gasteiger partial charge is 0.319 e. The molecule has 2 atom stereocenters. The molecule has 3 aromatic rings. The van der Waals surface area contributed by atoms with E-state index in [-0.39, 0.29) is 5.69 Å². The van der Waals surface area contributed by atoms with Crippen LogP contribution in [0.25, 0.3) is 11.5 Å². The number of amides is 2. The van der Waals surface area contributed by atoms with Crippen LogP contribution in [0.2, 0.25) is 0 Å². The fourth-order valence-electron chi connectivity index (χ4n) is 5.98. The van der Waals surface area contributed by atoms with Gasteiger partial charge in [0.15, 0.2) is 11.6 Å². The van der Waals surface area contributed by atoms with Crippen molar-refractivity contribution >= 4 is 11.7 Å². The van der Waals surface area contributed by atoms with Gasteiger partial charge in [-0.25, -0.2) is 18.6 Å². The molecule has 0 bridgehead atoms. The topological polar surface area (TPSA) is 70.4 Å². The van der Waals surface area contributed by atoms with Crippen molar-refractivity contribution in [3.8, 4) is 11.5 Å². The van der Waals surface area contributed by atoms with Gasteiger partial charge in [0.1, 0.15) is 6.26 Å². The Kier molecular flexibility index (Phi) is 8.37. The standard InChI is InChI=1S/C16H17NO.C14H19F2N3O/c1-2-7-16(11-14(16)5-1)13-6-3-4-12(10-13)15-17-8-9-18-15;15-12-5-4-11(10-13(12)16)18-14(20)17-6-3-9-19-7-1-2-8-19/h3-4,6,8-10,14H,1-2,5,7,11H2;4-5,10H,1-3,6-9H2,(H2,17,18,20). The van der Waals surface area contributed by atoms with Crippen molar-refractivity contribution < 1.29 is 18.0 Å². The summed E-state index contributed by atoms with van der Waals surface area (Å²) >= 11 is 0. The Morgan fingerprint density at radius 2 is 1.95 bits per heavy atom. The lowest BCUT2D eigenvalue weighted by Crippen LogP contribution is -2.31. The summed E-state index contributed by atoms with van der Waals surface area (Å²) in [4.78, 5) is 18.2. The Morgan fingerprint density at radius 3 is 2.71 bits per heavy atom. The number of rotatable bonds is 7. The molecule has 2 amide bonds. The average Bonchev–Trinajstić information content (AvgIpc) is 3.26. The zero-order valence-corrected chi connectivity index (χ0v) is 21.7. The highest BCUT2D eigenvalue weighted by Crippen LogP contribution is 2.62. The maximum Gasteiger partial charge on any atom is 0.319 e. The van der Waals surface area contributed by atoms with E-state index in [1.807, 2.05) is 0 Å². The summed E-state index contributed by atoms with van der Waals surface area (Å²) in [5, 5.41) is 5.16. The maximum absolute atomic E-state index is 13.0. The van der Waals surface area contributed by atoms with Crippen LogP contribution >= 0.6 is 0 Å². The molecule has 2 N–H and O–H groups in total. The summed E-state index contributed by atoms with van der Waals surface area (Å²) in [5.74, 6) is -0.231.